The number of nitrogens with zero attached hydrogens (tertiary/aromatic N) is 3. The van der Waals surface area contributed by atoms with Gasteiger partial charge in [-0.15, -0.1) is 0 Å². The Kier molecular flexibility index (Phi) is 2.98. The van der Waals surface area contributed by atoms with Gasteiger partial charge in [0.25, 0.3) is 5.91 Å². The molecule has 3 heterocycles. The van der Waals surface area contributed by atoms with E-state index in [1.165, 1.54) is 12.1 Å². The Labute approximate surface area is 143 Å². The van der Waals surface area contributed by atoms with Gasteiger partial charge in [0.05, 0.1) is 22.3 Å². The smallest absolute Gasteiger partial charge is 0.260 e. The minimum absolute atomic E-state index is 0.108. The van der Waals surface area contributed by atoms with Crippen molar-refractivity contribution in [1.29, 1.82) is 0 Å². The van der Waals surface area contributed by atoms with E-state index in [4.69, 9.17) is 4.98 Å². The number of hydrogen-bond acceptors (Lipinski definition) is 3. The maximum atomic E-state index is 13.8. The molecule has 2 aliphatic heterocycles. The molecule has 2 aliphatic rings. The molecule has 0 fully saturated rings. The first-order chi connectivity index (χ1) is 12.2. The van der Waals surface area contributed by atoms with Crippen molar-refractivity contribution in [3.05, 3.63) is 65.5 Å². The number of pyridine rings is 1. The second-order valence-electron chi connectivity index (χ2n) is 6.25. The molecule has 0 atom stereocenters. The van der Waals surface area contributed by atoms with E-state index in [0.717, 1.165) is 23.2 Å². The van der Waals surface area contributed by atoms with Gasteiger partial charge in [0.2, 0.25) is 0 Å². The summed E-state index contributed by atoms with van der Waals surface area (Å²) in [7, 11) is 0. The van der Waals surface area contributed by atoms with E-state index in [-0.39, 0.29) is 11.7 Å². The molecule has 0 saturated carbocycles. The Morgan fingerprint density at radius 1 is 1.04 bits per heavy atom. The van der Waals surface area contributed by atoms with E-state index in [2.05, 4.69) is 4.99 Å². The van der Waals surface area contributed by atoms with Crippen molar-refractivity contribution in [2.24, 2.45) is 4.99 Å². The maximum Gasteiger partial charge on any atom is 0.260 e. The molecule has 0 spiro atoms. The molecule has 3 aromatic rings. The second-order valence-corrected chi connectivity index (χ2v) is 6.25. The van der Waals surface area contributed by atoms with Crippen LogP contribution in [0, 0.1) is 5.82 Å². The summed E-state index contributed by atoms with van der Waals surface area (Å²) in [6.45, 7) is 1.32. The molecule has 4 nitrogen and oxygen atoms in total. The van der Waals surface area contributed by atoms with Crippen molar-refractivity contribution < 1.29 is 9.18 Å². The van der Waals surface area contributed by atoms with Crippen LogP contribution in [0.1, 0.15) is 22.3 Å². The topological polar surface area (TPSA) is 45.6 Å². The first-order valence-electron chi connectivity index (χ1n) is 8.29. The number of aromatic nitrogens is 1. The van der Waals surface area contributed by atoms with Crippen LogP contribution in [-0.4, -0.2) is 34.7 Å². The van der Waals surface area contributed by atoms with E-state index >= 15 is 0 Å². The fourth-order valence-electron chi connectivity index (χ4n) is 3.63. The third-order valence-electron chi connectivity index (χ3n) is 4.73. The molecule has 1 aromatic heterocycles. The van der Waals surface area contributed by atoms with Gasteiger partial charge in [-0.05, 0) is 24.6 Å². The molecule has 25 heavy (non-hydrogen) atoms. The number of carbonyl (C=O) groups is 1. The van der Waals surface area contributed by atoms with Gasteiger partial charge in [-0.25, -0.2) is 9.37 Å². The van der Waals surface area contributed by atoms with Gasteiger partial charge in [-0.1, -0.05) is 30.3 Å². The molecule has 0 radical (unpaired) electrons. The number of amidine groups is 1. The predicted molar refractivity (Wildman–Crippen MR) is 94.2 cm³/mol. The molecule has 0 N–H and O–H groups in total. The van der Waals surface area contributed by atoms with Crippen LogP contribution < -0.4 is 0 Å². The minimum atomic E-state index is -0.372. The molecule has 1 amide bonds. The van der Waals surface area contributed by atoms with E-state index in [0.29, 0.717) is 35.4 Å². The molecule has 0 unspecified atom stereocenters. The first-order valence-corrected chi connectivity index (χ1v) is 8.29. The van der Waals surface area contributed by atoms with Crippen LogP contribution >= 0.6 is 0 Å². The van der Waals surface area contributed by atoms with Crippen LogP contribution in [-0.2, 0) is 0 Å². The first kappa shape index (κ1) is 14.3. The summed E-state index contributed by atoms with van der Waals surface area (Å²) in [4.78, 5) is 24.1. The fourth-order valence-corrected chi connectivity index (χ4v) is 3.63. The standard InChI is InChI=1S/C20H14FN3O/c21-13-7-8-15-14(11-13)16-17(18(23-15)12-5-2-1-3-6-12)19-22-9-4-10-24(19)20(16)25/h1-3,5-8,11H,4,9-10H2. The lowest BCUT2D eigenvalue weighted by Crippen LogP contribution is -2.34. The zero-order valence-corrected chi connectivity index (χ0v) is 13.4. The molecule has 5 rings (SSSR count). The summed E-state index contributed by atoms with van der Waals surface area (Å²) in [6.07, 6.45) is 0.837. The number of fused-ring (bicyclic) bond motifs is 5. The molecule has 122 valence electrons. The summed E-state index contributed by atoms with van der Waals surface area (Å²) in [5.41, 5.74) is 3.52. The van der Waals surface area contributed by atoms with Gasteiger partial charge in [0, 0.05) is 24.0 Å². The summed E-state index contributed by atoms with van der Waals surface area (Å²) in [6, 6.07) is 14.2. The highest BCUT2D eigenvalue weighted by Gasteiger charge is 2.39. The highest BCUT2D eigenvalue weighted by Crippen LogP contribution is 2.37. The SMILES string of the molecule is O=C1c2c(c(-c3ccccc3)nc3ccc(F)cc23)C2=NCCCN12. The lowest BCUT2D eigenvalue weighted by Gasteiger charge is -2.21. The van der Waals surface area contributed by atoms with Gasteiger partial charge in [-0.3, -0.25) is 14.7 Å². The largest absolute Gasteiger partial charge is 0.292 e. The lowest BCUT2D eigenvalue weighted by molar-refractivity contribution is 0.0857. The molecule has 0 bridgehead atoms. The highest BCUT2D eigenvalue weighted by molar-refractivity contribution is 6.29. The van der Waals surface area contributed by atoms with Crippen LogP contribution in [0.3, 0.4) is 0 Å². The van der Waals surface area contributed by atoms with Gasteiger partial charge in [0.1, 0.15) is 11.7 Å². The summed E-state index contributed by atoms with van der Waals surface area (Å²) < 4.78 is 13.8. The lowest BCUT2D eigenvalue weighted by atomic mass is 9.98. The Balaban J connectivity index is 1.92. The van der Waals surface area contributed by atoms with Crippen molar-refractivity contribution >= 4 is 22.6 Å². The van der Waals surface area contributed by atoms with Crippen LogP contribution in [0.15, 0.2) is 53.5 Å². The molecular formula is C20H14FN3O. The highest BCUT2D eigenvalue weighted by atomic mass is 19.1. The molecular weight excluding hydrogens is 317 g/mol. The van der Waals surface area contributed by atoms with Crippen LogP contribution in [0.2, 0.25) is 0 Å². The summed E-state index contributed by atoms with van der Waals surface area (Å²) in [5.74, 6) is 0.191. The average molecular weight is 331 g/mol. The normalized spacial score (nSPS) is 16.0. The minimum Gasteiger partial charge on any atom is -0.292 e. The third kappa shape index (κ3) is 2.02. The predicted octanol–water partition coefficient (Wildman–Crippen LogP) is 3.65. The Morgan fingerprint density at radius 3 is 2.72 bits per heavy atom. The van der Waals surface area contributed by atoms with Crippen molar-refractivity contribution in [3.63, 3.8) is 0 Å². The summed E-state index contributed by atoms with van der Waals surface area (Å²) in [5, 5.41) is 0.553. The Morgan fingerprint density at radius 2 is 1.88 bits per heavy atom. The van der Waals surface area contributed by atoms with E-state index in [1.807, 2.05) is 30.3 Å². The molecule has 5 heteroatoms. The third-order valence-corrected chi connectivity index (χ3v) is 4.73. The number of benzene rings is 2. The van der Waals surface area contributed by atoms with Crippen LogP contribution in [0.4, 0.5) is 4.39 Å². The van der Waals surface area contributed by atoms with Crippen molar-refractivity contribution in [2.75, 3.05) is 13.1 Å². The van der Waals surface area contributed by atoms with Crippen LogP contribution in [0.5, 0.6) is 0 Å². The van der Waals surface area contributed by atoms with Crippen molar-refractivity contribution in [1.82, 2.24) is 9.88 Å². The van der Waals surface area contributed by atoms with Gasteiger partial charge in [-0.2, -0.15) is 0 Å². The van der Waals surface area contributed by atoms with E-state index in [9.17, 15) is 9.18 Å². The Hall–Kier alpha value is -3.08. The number of rotatable bonds is 1. The number of halogens is 1. The van der Waals surface area contributed by atoms with E-state index < -0.39 is 0 Å². The number of aliphatic imine (C=N–C) groups is 1. The fraction of sp³-hybridized carbons (Fsp3) is 0.150. The van der Waals surface area contributed by atoms with Crippen LogP contribution in [0.25, 0.3) is 22.2 Å². The zero-order valence-electron chi connectivity index (χ0n) is 13.4. The molecule has 0 saturated heterocycles. The van der Waals surface area contributed by atoms with Gasteiger partial charge < -0.3 is 0 Å². The quantitative estimate of drug-likeness (QED) is 0.683. The van der Waals surface area contributed by atoms with Crippen molar-refractivity contribution in [3.8, 4) is 11.3 Å². The zero-order chi connectivity index (χ0) is 17.0. The summed E-state index contributed by atoms with van der Waals surface area (Å²) >= 11 is 0. The maximum absolute atomic E-state index is 13.8. The number of hydrogen-bond donors (Lipinski definition) is 0. The van der Waals surface area contributed by atoms with Gasteiger partial charge >= 0.3 is 0 Å². The second kappa shape index (κ2) is 5.21. The van der Waals surface area contributed by atoms with Gasteiger partial charge in [0.15, 0.2) is 0 Å². The number of carbonyl (C=O) groups excluding carboxylic acids is 1. The number of amides is 1. The Bertz CT molecular complexity index is 1060. The monoisotopic (exact) mass is 331 g/mol. The van der Waals surface area contributed by atoms with Crippen molar-refractivity contribution in [2.45, 2.75) is 6.42 Å². The van der Waals surface area contributed by atoms with E-state index in [1.54, 1.807) is 11.0 Å². The molecule has 2 aromatic carbocycles. The average Bonchev–Trinajstić information content (AvgIpc) is 2.96. The molecule has 0 aliphatic carbocycles.